The fourth-order valence-corrected chi connectivity index (χ4v) is 6.62. The molecule has 0 saturated carbocycles. The van der Waals surface area contributed by atoms with E-state index in [1.165, 1.54) is 30.3 Å². The number of hydrogen-bond acceptors (Lipinski definition) is 6. The van der Waals surface area contributed by atoms with E-state index in [4.69, 9.17) is 0 Å². The second kappa shape index (κ2) is 7.87. The number of sulfonamides is 1. The lowest BCUT2D eigenvalue weighted by atomic mass is 10.1. The van der Waals surface area contributed by atoms with Crippen molar-refractivity contribution in [2.24, 2.45) is 4.40 Å². The number of nitrogens with zero attached hydrogens (tertiary/aromatic N) is 4. The molecule has 1 saturated heterocycles. The predicted octanol–water partition coefficient (Wildman–Crippen LogP) is 3.17. The van der Waals surface area contributed by atoms with Crippen molar-refractivity contribution in [3.8, 4) is 0 Å². The molecule has 0 unspecified atom stereocenters. The van der Waals surface area contributed by atoms with E-state index < -0.39 is 10.0 Å². The van der Waals surface area contributed by atoms with Gasteiger partial charge in [-0.25, -0.2) is 8.42 Å². The minimum absolute atomic E-state index is 0.0103. The van der Waals surface area contributed by atoms with E-state index in [1.54, 1.807) is 4.90 Å². The Morgan fingerprint density at radius 3 is 2.68 bits per heavy atom. The third-order valence-electron chi connectivity index (χ3n) is 5.91. The van der Waals surface area contributed by atoms with Crippen molar-refractivity contribution in [2.75, 3.05) is 42.2 Å². The van der Waals surface area contributed by atoms with Crippen LogP contribution in [0.25, 0.3) is 0 Å². The molecule has 5 rings (SSSR count). The van der Waals surface area contributed by atoms with Crippen LogP contribution in [0, 0.1) is 0 Å². The minimum Gasteiger partial charge on any atom is -0.371 e. The topological polar surface area (TPSA) is 73.3 Å². The van der Waals surface area contributed by atoms with Crippen LogP contribution in [0.15, 0.2) is 51.8 Å². The standard InChI is InChI=1S/C22H24N4O3S2/c1-24(15-17-6-2-3-7-18(17)25-10-4-5-11-25)21(27)16-8-9-19-20(14-16)30-22-23-31(28,29)13-12-26(19)22/h2-3,6-9,14H,4-5,10-13,15H2,1H3. The highest BCUT2D eigenvalue weighted by atomic mass is 32.2. The number of carbonyl (C=O) groups is 1. The molecule has 3 heterocycles. The number of benzene rings is 2. The van der Waals surface area contributed by atoms with Gasteiger partial charge in [-0.05, 0) is 54.4 Å². The molecule has 9 heteroatoms. The van der Waals surface area contributed by atoms with Gasteiger partial charge in [-0.3, -0.25) is 4.79 Å². The van der Waals surface area contributed by atoms with Crippen LogP contribution >= 0.6 is 11.8 Å². The Balaban J connectivity index is 1.35. The summed E-state index contributed by atoms with van der Waals surface area (Å²) in [5.74, 6) is -0.0462. The van der Waals surface area contributed by atoms with Gasteiger partial charge in [0.1, 0.15) is 0 Å². The third kappa shape index (κ3) is 3.92. The third-order valence-corrected chi connectivity index (χ3v) is 8.22. The second-order valence-corrected chi connectivity index (χ2v) is 10.8. The van der Waals surface area contributed by atoms with Gasteiger partial charge in [0, 0.05) is 49.4 Å². The van der Waals surface area contributed by atoms with Gasteiger partial charge in [0.2, 0.25) is 0 Å². The zero-order valence-corrected chi connectivity index (χ0v) is 19.0. The molecule has 0 aromatic heterocycles. The lowest BCUT2D eigenvalue weighted by Gasteiger charge is -2.25. The van der Waals surface area contributed by atoms with E-state index in [2.05, 4.69) is 21.4 Å². The molecule has 0 bridgehead atoms. The fraction of sp³-hybridized carbons (Fsp3) is 0.364. The number of para-hydroxylation sites is 1. The van der Waals surface area contributed by atoms with Crippen LogP contribution in [-0.4, -0.2) is 56.8 Å². The summed E-state index contributed by atoms with van der Waals surface area (Å²) in [6.07, 6.45) is 2.42. The monoisotopic (exact) mass is 456 g/mol. The largest absolute Gasteiger partial charge is 0.371 e. The summed E-state index contributed by atoms with van der Waals surface area (Å²) in [5, 5.41) is 0.471. The number of hydrogen-bond donors (Lipinski definition) is 0. The van der Waals surface area contributed by atoms with Gasteiger partial charge in [-0.1, -0.05) is 18.2 Å². The Hall–Kier alpha value is -2.52. The van der Waals surface area contributed by atoms with E-state index >= 15 is 0 Å². The lowest BCUT2D eigenvalue weighted by Crippen LogP contribution is -2.35. The van der Waals surface area contributed by atoms with Gasteiger partial charge in [0.25, 0.3) is 15.9 Å². The highest BCUT2D eigenvalue weighted by Gasteiger charge is 2.33. The van der Waals surface area contributed by atoms with Crippen LogP contribution in [0.3, 0.4) is 0 Å². The van der Waals surface area contributed by atoms with E-state index in [0.29, 0.717) is 23.8 Å². The molecule has 1 amide bonds. The minimum atomic E-state index is -3.39. The van der Waals surface area contributed by atoms with Gasteiger partial charge in [-0.2, -0.15) is 0 Å². The summed E-state index contributed by atoms with van der Waals surface area (Å²) in [6, 6.07) is 13.8. The number of amides is 1. The first-order valence-electron chi connectivity index (χ1n) is 10.4. The normalized spacial score (nSPS) is 19.1. The van der Waals surface area contributed by atoms with Crippen molar-refractivity contribution in [3.05, 3.63) is 53.6 Å². The fourth-order valence-electron chi connectivity index (χ4n) is 4.32. The second-order valence-electron chi connectivity index (χ2n) is 8.08. The molecule has 0 radical (unpaired) electrons. The number of carbonyl (C=O) groups excluding carboxylic acids is 1. The molecule has 3 aliphatic heterocycles. The zero-order valence-electron chi connectivity index (χ0n) is 17.3. The van der Waals surface area contributed by atoms with Gasteiger partial charge in [0.05, 0.1) is 11.4 Å². The average molecular weight is 457 g/mol. The van der Waals surface area contributed by atoms with Crippen molar-refractivity contribution in [1.82, 2.24) is 4.90 Å². The van der Waals surface area contributed by atoms with Crippen molar-refractivity contribution in [1.29, 1.82) is 0 Å². The Morgan fingerprint density at radius 1 is 1.10 bits per heavy atom. The van der Waals surface area contributed by atoms with Crippen molar-refractivity contribution in [3.63, 3.8) is 0 Å². The zero-order chi connectivity index (χ0) is 21.6. The molecule has 0 aliphatic carbocycles. The van der Waals surface area contributed by atoms with Crippen molar-refractivity contribution in [2.45, 2.75) is 24.3 Å². The predicted molar refractivity (Wildman–Crippen MR) is 125 cm³/mol. The van der Waals surface area contributed by atoms with Crippen LogP contribution in [0.1, 0.15) is 28.8 Å². The summed E-state index contributed by atoms with van der Waals surface area (Å²) in [6.45, 7) is 3.05. The van der Waals surface area contributed by atoms with Crippen LogP contribution < -0.4 is 9.80 Å². The molecule has 0 N–H and O–H groups in total. The number of thioether (sulfide) groups is 1. The Labute approximate surface area is 186 Å². The number of amidine groups is 1. The quantitative estimate of drug-likeness (QED) is 0.704. The molecule has 31 heavy (non-hydrogen) atoms. The molecule has 2 aromatic rings. The van der Waals surface area contributed by atoms with Crippen LogP contribution in [-0.2, 0) is 16.6 Å². The summed E-state index contributed by atoms with van der Waals surface area (Å²) < 4.78 is 27.5. The molecule has 2 aromatic carbocycles. The highest BCUT2D eigenvalue weighted by Crippen LogP contribution is 2.42. The molecule has 3 aliphatic rings. The van der Waals surface area contributed by atoms with Crippen LogP contribution in [0.2, 0.25) is 0 Å². The SMILES string of the molecule is CN(Cc1ccccc1N1CCCC1)C(=O)c1ccc2c(c1)SC1=NS(=O)(=O)CCN12. The van der Waals surface area contributed by atoms with Gasteiger partial charge in [0.15, 0.2) is 5.17 Å². The molecule has 162 valence electrons. The summed E-state index contributed by atoms with van der Waals surface area (Å²) >= 11 is 1.31. The first kappa shape index (κ1) is 20.4. The average Bonchev–Trinajstić information content (AvgIpc) is 3.39. The van der Waals surface area contributed by atoms with E-state index in [-0.39, 0.29) is 11.7 Å². The summed E-state index contributed by atoms with van der Waals surface area (Å²) in [7, 11) is -1.57. The van der Waals surface area contributed by atoms with Crippen molar-refractivity contribution < 1.29 is 13.2 Å². The van der Waals surface area contributed by atoms with Gasteiger partial charge in [-0.15, -0.1) is 4.40 Å². The maximum atomic E-state index is 13.2. The van der Waals surface area contributed by atoms with E-state index in [0.717, 1.165) is 29.2 Å². The lowest BCUT2D eigenvalue weighted by molar-refractivity contribution is 0.0785. The molecule has 0 spiro atoms. The molecular formula is C22H24N4O3S2. The molecule has 0 atom stereocenters. The Morgan fingerprint density at radius 2 is 1.87 bits per heavy atom. The Bertz CT molecular complexity index is 1170. The van der Waals surface area contributed by atoms with Crippen LogP contribution in [0.5, 0.6) is 0 Å². The van der Waals surface area contributed by atoms with E-state index in [1.807, 2.05) is 42.3 Å². The molecular weight excluding hydrogens is 432 g/mol. The smallest absolute Gasteiger partial charge is 0.257 e. The molecule has 1 fully saturated rings. The van der Waals surface area contributed by atoms with Gasteiger partial charge >= 0.3 is 0 Å². The Kier molecular flexibility index (Phi) is 5.18. The van der Waals surface area contributed by atoms with Gasteiger partial charge < -0.3 is 14.7 Å². The highest BCUT2D eigenvalue weighted by molar-refractivity contribution is 8.15. The maximum Gasteiger partial charge on any atom is 0.257 e. The van der Waals surface area contributed by atoms with Crippen LogP contribution in [0.4, 0.5) is 11.4 Å². The molecule has 7 nitrogen and oxygen atoms in total. The summed E-state index contributed by atoms with van der Waals surface area (Å²) in [5.41, 5.74) is 3.86. The number of rotatable bonds is 4. The summed E-state index contributed by atoms with van der Waals surface area (Å²) in [4.78, 5) is 20.1. The first-order valence-corrected chi connectivity index (χ1v) is 12.8. The van der Waals surface area contributed by atoms with Crippen molar-refractivity contribution >= 4 is 44.2 Å². The number of anilines is 2. The maximum absolute atomic E-state index is 13.2. The van der Waals surface area contributed by atoms with E-state index in [9.17, 15) is 13.2 Å². The first-order chi connectivity index (χ1) is 14.9. The number of fused-ring (bicyclic) bond motifs is 3.